The van der Waals surface area contributed by atoms with E-state index >= 15 is 0 Å². The fourth-order valence-electron chi connectivity index (χ4n) is 4.28. The molecule has 2 aromatic rings. The molecule has 0 aliphatic carbocycles. The van der Waals surface area contributed by atoms with Gasteiger partial charge < -0.3 is 19.3 Å². The zero-order chi connectivity index (χ0) is 21.2. The van der Waals surface area contributed by atoms with Crippen LogP contribution < -0.4 is 9.64 Å². The molecule has 0 fully saturated rings. The SMILES string of the molecule is CCCCCCCCCOc1cccc2c1C(Cn1ccnc1)CN2CCC(=O)O. The van der Waals surface area contributed by atoms with Crippen LogP contribution in [0.1, 0.15) is 69.8 Å². The lowest BCUT2D eigenvalue weighted by Crippen LogP contribution is -2.25. The van der Waals surface area contributed by atoms with Crippen LogP contribution in [-0.2, 0) is 11.3 Å². The van der Waals surface area contributed by atoms with Gasteiger partial charge in [0.25, 0.3) is 0 Å². The maximum atomic E-state index is 11.1. The van der Waals surface area contributed by atoms with Crippen LogP contribution >= 0.6 is 0 Å². The number of anilines is 1. The van der Waals surface area contributed by atoms with Gasteiger partial charge in [-0.15, -0.1) is 0 Å². The molecule has 1 aliphatic heterocycles. The van der Waals surface area contributed by atoms with E-state index in [0.29, 0.717) is 6.54 Å². The number of ether oxygens (including phenoxy) is 1. The van der Waals surface area contributed by atoms with Crippen molar-refractivity contribution in [1.82, 2.24) is 9.55 Å². The van der Waals surface area contributed by atoms with Gasteiger partial charge in [-0.05, 0) is 18.6 Å². The summed E-state index contributed by atoms with van der Waals surface area (Å²) in [5.41, 5.74) is 2.32. The molecule has 30 heavy (non-hydrogen) atoms. The Kier molecular flexibility index (Phi) is 8.60. The van der Waals surface area contributed by atoms with Crippen molar-refractivity contribution in [2.75, 3.05) is 24.6 Å². The Morgan fingerprint density at radius 3 is 2.73 bits per heavy atom. The van der Waals surface area contributed by atoms with Gasteiger partial charge in [0.1, 0.15) is 5.75 Å². The van der Waals surface area contributed by atoms with E-state index in [1.165, 1.54) is 44.1 Å². The number of hydrogen-bond donors (Lipinski definition) is 1. The highest BCUT2D eigenvalue weighted by atomic mass is 16.5. The van der Waals surface area contributed by atoms with Crippen molar-refractivity contribution >= 4 is 11.7 Å². The number of carboxylic acid groups (broad SMARTS) is 1. The Morgan fingerprint density at radius 1 is 1.20 bits per heavy atom. The normalized spacial score (nSPS) is 15.4. The standard InChI is InChI=1S/C24H35N3O3/c1-2-3-4-5-6-7-8-16-30-22-11-9-10-21-24(22)20(17-26-15-13-25-19-26)18-27(21)14-12-23(28)29/h9-11,13,15,19-20H,2-8,12,14,16-18H2,1H3,(H,28,29). The van der Waals surface area contributed by atoms with E-state index in [2.05, 4.69) is 33.5 Å². The second-order valence-electron chi connectivity index (χ2n) is 8.20. The summed E-state index contributed by atoms with van der Waals surface area (Å²) in [6.07, 6.45) is 14.6. The lowest BCUT2D eigenvalue weighted by Gasteiger charge is -2.19. The van der Waals surface area contributed by atoms with Crippen LogP contribution in [0.2, 0.25) is 0 Å². The van der Waals surface area contributed by atoms with E-state index in [-0.39, 0.29) is 12.3 Å². The number of carboxylic acids is 1. The first-order valence-electron chi connectivity index (χ1n) is 11.4. The number of carbonyl (C=O) groups is 1. The van der Waals surface area contributed by atoms with Crippen LogP contribution in [0, 0.1) is 0 Å². The summed E-state index contributed by atoms with van der Waals surface area (Å²) in [6.45, 7) is 5.11. The smallest absolute Gasteiger partial charge is 0.305 e. The van der Waals surface area contributed by atoms with Gasteiger partial charge in [-0.1, -0.05) is 51.5 Å². The summed E-state index contributed by atoms with van der Waals surface area (Å²) in [7, 11) is 0. The van der Waals surface area contributed by atoms with Crippen molar-refractivity contribution in [3.8, 4) is 5.75 Å². The lowest BCUT2D eigenvalue weighted by molar-refractivity contribution is -0.136. The Balaban J connectivity index is 1.62. The molecular formula is C24H35N3O3. The minimum absolute atomic E-state index is 0.139. The molecule has 0 bridgehead atoms. The van der Waals surface area contributed by atoms with Gasteiger partial charge in [-0.2, -0.15) is 0 Å². The molecule has 6 nitrogen and oxygen atoms in total. The molecule has 0 amide bonds. The lowest BCUT2D eigenvalue weighted by atomic mass is 10.00. The number of benzene rings is 1. The van der Waals surface area contributed by atoms with Crippen LogP contribution in [0.3, 0.4) is 0 Å². The van der Waals surface area contributed by atoms with E-state index in [1.54, 1.807) is 6.20 Å². The van der Waals surface area contributed by atoms with Crippen molar-refractivity contribution in [3.05, 3.63) is 42.5 Å². The van der Waals surface area contributed by atoms with Crippen LogP contribution in [0.5, 0.6) is 5.75 Å². The average molecular weight is 414 g/mol. The van der Waals surface area contributed by atoms with Gasteiger partial charge >= 0.3 is 5.97 Å². The van der Waals surface area contributed by atoms with E-state index in [0.717, 1.165) is 37.6 Å². The van der Waals surface area contributed by atoms with E-state index in [1.807, 2.05) is 18.6 Å². The van der Waals surface area contributed by atoms with E-state index in [4.69, 9.17) is 9.84 Å². The van der Waals surface area contributed by atoms with Gasteiger partial charge in [-0.25, -0.2) is 4.98 Å². The molecule has 1 N–H and O–H groups in total. The molecule has 0 spiro atoms. The third-order valence-corrected chi connectivity index (χ3v) is 5.82. The van der Waals surface area contributed by atoms with Gasteiger partial charge in [-0.3, -0.25) is 4.79 Å². The number of aliphatic carboxylic acids is 1. The molecule has 0 saturated heterocycles. The predicted octanol–water partition coefficient (Wildman–Crippen LogP) is 5.09. The van der Waals surface area contributed by atoms with Gasteiger partial charge in [0.15, 0.2) is 0 Å². The first kappa shape index (κ1) is 22.2. The third kappa shape index (κ3) is 6.25. The van der Waals surface area contributed by atoms with E-state index in [9.17, 15) is 4.79 Å². The highest BCUT2D eigenvalue weighted by molar-refractivity contribution is 5.70. The molecule has 1 aliphatic rings. The molecular weight excluding hydrogens is 378 g/mol. The fraction of sp³-hybridized carbons (Fsp3) is 0.583. The molecule has 164 valence electrons. The Hall–Kier alpha value is -2.50. The fourth-order valence-corrected chi connectivity index (χ4v) is 4.28. The number of nitrogens with zero attached hydrogens (tertiary/aromatic N) is 3. The first-order valence-corrected chi connectivity index (χ1v) is 11.4. The van der Waals surface area contributed by atoms with E-state index < -0.39 is 5.97 Å². The molecule has 1 aromatic carbocycles. The Labute approximate surface area is 179 Å². The number of aromatic nitrogens is 2. The zero-order valence-corrected chi connectivity index (χ0v) is 18.1. The summed E-state index contributed by atoms with van der Waals surface area (Å²) in [4.78, 5) is 17.4. The minimum Gasteiger partial charge on any atom is -0.493 e. The number of unbranched alkanes of at least 4 members (excludes halogenated alkanes) is 6. The van der Waals surface area contributed by atoms with Crippen LogP contribution in [0.4, 0.5) is 5.69 Å². The van der Waals surface area contributed by atoms with Crippen molar-refractivity contribution in [2.24, 2.45) is 0 Å². The number of hydrogen-bond acceptors (Lipinski definition) is 4. The summed E-state index contributed by atoms with van der Waals surface area (Å²) in [5.74, 6) is 0.440. The molecule has 1 aromatic heterocycles. The topological polar surface area (TPSA) is 67.6 Å². The third-order valence-electron chi connectivity index (χ3n) is 5.82. The summed E-state index contributed by atoms with van der Waals surface area (Å²) < 4.78 is 8.32. The van der Waals surface area contributed by atoms with Gasteiger partial charge in [0.2, 0.25) is 0 Å². The van der Waals surface area contributed by atoms with Crippen molar-refractivity contribution < 1.29 is 14.6 Å². The maximum absolute atomic E-state index is 11.1. The molecule has 1 atom stereocenters. The Bertz CT molecular complexity index is 776. The Morgan fingerprint density at radius 2 is 2.00 bits per heavy atom. The van der Waals surface area contributed by atoms with Crippen LogP contribution in [0.15, 0.2) is 36.9 Å². The number of rotatable bonds is 14. The molecule has 1 unspecified atom stereocenters. The molecule has 0 saturated carbocycles. The predicted molar refractivity (Wildman–Crippen MR) is 119 cm³/mol. The first-order chi connectivity index (χ1) is 14.7. The van der Waals surface area contributed by atoms with Crippen molar-refractivity contribution in [3.63, 3.8) is 0 Å². The second kappa shape index (κ2) is 11.6. The number of imidazole rings is 1. The highest BCUT2D eigenvalue weighted by Gasteiger charge is 2.32. The van der Waals surface area contributed by atoms with Crippen molar-refractivity contribution in [2.45, 2.75) is 70.8 Å². The largest absolute Gasteiger partial charge is 0.493 e. The molecule has 6 heteroatoms. The minimum atomic E-state index is -0.763. The van der Waals surface area contributed by atoms with Crippen LogP contribution in [-0.4, -0.2) is 40.3 Å². The monoisotopic (exact) mass is 413 g/mol. The zero-order valence-electron chi connectivity index (χ0n) is 18.1. The summed E-state index contributed by atoms with van der Waals surface area (Å²) in [5, 5.41) is 9.12. The molecule has 3 rings (SSSR count). The van der Waals surface area contributed by atoms with Gasteiger partial charge in [0.05, 0.1) is 19.4 Å². The highest BCUT2D eigenvalue weighted by Crippen LogP contribution is 2.43. The van der Waals surface area contributed by atoms with Gasteiger partial charge in [0, 0.05) is 49.2 Å². The molecule has 0 radical (unpaired) electrons. The van der Waals surface area contributed by atoms with Crippen LogP contribution in [0.25, 0.3) is 0 Å². The average Bonchev–Trinajstić information content (AvgIpc) is 3.37. The summed E-state index contributed by atoms with van der Waals surface area (Å²) in [6, 6.07) is 6.17. The van der Waals surface area contributed by atoms with Crippen molar-refractivity contribution in [1.29, 1.82) is 0 Å². The number of fused-ring (bicyclic) bond motifs is 1. The molecule has 2 heterocycles. The quantitative estimate of drug-likeness (QED) is 0.437. The maximum Gasteiger partial charge on any atom is 0.305 e. The second-order valence-corrected chi connectivity index (χ2v) is 8.20. The summed E-state index contributed by atoms with van der Waals surface area (Å²) >= 11 is 0.